The standard InChI is InChI=1S/C24H27N5O3/c1-17-12-28(13-18(2)32-17)24(31)22-9-3-19(4-10-22)11-26-23(30)21-7-5-20(6-8-21)14-29-16-25-15-27-29/h3-10,15-18H,11-14H2,1-2H3,(H,26,30). The van der Waals surface area contributed by atoms with Gasteiger partial charge in [0.1, 0.15) is 12.7 Å². The minimum absolute atomic E-state index is 0.00793. The van der Waals surface area contributed by atoms with Crippen molar-refractivity contribution in [1.82, 2.24) is 25.0 Å². The third-order valence-corrected chi connectivity index (χ3v) is 5.39. The van der Waals surface area contributed by atoms with Crippen LogP contribution in [-0.2, 0) is 17.8 Å². The summed E-state index contributed by atoms with van der Waals surface area (Å²) in [5.41, 5.74) is 3.21. The van der Waals surface area contributed by atoms with E-state index in [2.05, 4.69) is 15.4 Å². The topological polar surface area (TPSA) is 89.4 Å². The summed E-state index contributed by atoms with van der Waals surface area (Å²) in [5.74, 6) is -0.137. The first-order valence-electron chi connectivity index (χ1n) is 10.7. The molecular weight excluding hydrogens is 406 g/mol. The molecule has 166 valence electrons. The van der Waals surface area contributed by atoms with E-state index in [4.69, 9.17) is 4.74 Å². The molecule has 0 spiro atoms. The van der Waals surface area contributed by atoms with Gasteiger partial charge in [0.15, 0.2) is 0 Å². The average molecular weight is 434 g/mol. The highest BCUT2D eigenvalue weighted by molar-refractivity contribution is 5.95. The molecule has 0 aliphatic carbocycles. The van der Waals surface area contributed by atoms with Crippen LogP contribution in [0.2, 0.25) is 0 Å². The molecule has 0 radical (unpaired) electrons. The molecule has 1 aromatic heterocycles. The number of carbonyl (C=O) groups is 2. The van der Waals surface area contributed by atoms with E-state index in [1.165, 1.54) is 6.33 Å². The van der Waals surface area contributed by atoms with Crippen molar-refractivity contribution < 1.29 is 14.3 Å². The summed E-state index contributed by atoms with van der Waals surface area (Å²) in [7, 11) is 0. The molecule has 1 aliphatic rings. The lowest BCUT2D eigenvalue weighted by Gasteiger charge is -2.35. The zero-order valence-electron chi connectivity index (χ0n) is 18.3. The van der Waals surface area contributed by atoms with E-state index >= 15 is 0 Å². The van der Waals surface area contributed by atoms with Gasteiger partial charge in [0, 0.05) is 30.8 Å². The van der Waals surface area contributed by atoms with Crippen LogP contribution in [0.3, 0.4) is 0 Å². The largest absolute Gasteiger partial charge is 0.372 e. The third kappa shape index (κ3) is 5.39. The van der Waals surface area contributed by atoms with Gasteiger partial charge in [-0.05, 0) is 49.2 Å². The summed E-state index contributed by atoms with van der Waals surface area (Å²) in [6.45, 7) is 6.14. The fourth-order valence-electron chi connectivity index (χ4n) is 3.84. The van der Waals surface area contributed by atoms with Crippen molar-refractivity contribution in [1.29, 1.82) is 0 Å². The molecular formula is C24H27N5O3. The van der Waals surface area contributed by atoms with Crippen molar-refractivity contribution in [2.45, 2.75) is 39.1 Å². The lowest BCUT2D eigenvalue weighted by Crippen LogP contribution is -2.48. The molecule has 1 N–H and O–H groups in total. The Morgan fingerprint density at radius 1 is 0.969 bits per heavy atom. The molecule has 2 aromatic carbocycles. The van der Waals surface area contributed by atoms with Gasteiger partial charge >= 0.3 is 0 Å². The number of nitrogens with one attached hydrogen (secondary N) is 1. The van der Waals surface area contributed by atoms with Crippen LogP contribution in [0.25, 0.3) is 0 Å². The molecule has 4 rings (SSSR count). The SMILES string of the molecule is CC1CN(C(=O)c2ccc(CNC(=O)c3ccc(Cn4cncn4)cc3)cc2)CC(C)O1. The van der Waals surface area contributed by atoms with Crippen molar-refractivity contribution in [3.8, 4) is 0 Å². The lowest BCUT2D eigenvalue weighted by atomic mass is 10.1. The number of hydrogen-bond acceptors (Lipinski definition) is 5. The number of rotatable bonds is 6. The zero-order chi connectivity index (χ0) is 22.5. The van der Waals surface area contributed by atoms with Gasteiger partial charge in [0.25, 0.3) is 11.8 Å². The first-order chi connectivity index (χ1) is 15.5. The second-order valence-corrected chi connectivity index (χ2v) is 8.14. The summed E-state index contributed by atoms with van der Waals surface area (Å²) in [6, 6.07) is 14.8. The Labute approximate surface area is 187 Å². The number of hydrogen-bond donors (Lipinski definition) is 1. The van der Waals surface area contributed by atoms with Crippen molar-refractivity contribution in [2.75, 3.05) is 13.1 Å². The molecule has 2 unspecified atom stereocenters. The first kappa shape index (κ1) is 21.7. The molecule has 8 heteroatoms. The molecule has 1 saturated heterocycles. The summed E-state index contributed by atoms with van der Waals surface area (Å²) < 4.78 is 7.43. The predicted octanol–water partition coefficient (Wildman–Crippen LogP) is 2.51. The van der Waals surface area contributed by atoms with Gasteiger partial charge in [0.05, 0.1) is 18.8 Å². The maximum Gasteiger partial charge on any atom is 0.254 e. The Morgan fingerprint density at radius 2 is 1.59 bits per heavy atom. The van der Waals surface area contributed by atoms with Gasteiger partial charge < -0.3 is 15.0 Å². The van der Waals surface area contributed by atoms with Gasteiger partial charge in [0.2, 0.25) is 0 Å². The van der Waals surface area contributed by atoms with Crippen LogP contribution in [0.1, 0.15) is 45.7 Å². The maximum absolute atomic E-state index is 12.8. The van der Waals surface area contributed by atoms with Gasteiger partial charge in [-0.3, -0.25) is 9.59 Å². The molecule has 2 atom stereocenters. The van der Waals surface area contributed by atoms with E-state index in [1.807, 2.05) is 55.1 Å². The zero-order valence-corrected chi connectivity index (χ0v) is 18.3. The highest BCUT2D eigenvalue weighted by Crippen LogP contribution is 2.15. The van der Waals surface area contributed by atoms with Crippen molar-refractivity contribution in [2.24, 2.45) is 0 Å². The Bertz CT molecular complexity index is 1040. The smallest absolute Gasteiger partial charge is 0.254 e. The molecule has 0 saturated carbocycles. The summed E-state index contributed by atoms with van der Waals surface area (Å²) in [5, 5.41) is 7.00. The third-order valence-electron chi connectivity index (χ3n) is 5.39. The molecule has 1 fully saturated rings. The fraction of sp³-hybridized carbons (Fsp3) is 0.333. The lowest BCUT2D eigenvalue weighted by molar-refractivity contribution is -0.0586. The van der Waals surface area contributed by atoms with E-state index < -0.39 is 0 Å². The minimum atomic E-state index is -0.145. The Kier molecular flexibility index (Phi) is 6.61. The van der Waals surface area contributed by atoms with Gasteiger partial charge in [-0.1, -0.05) is 24.3 Å². The maximum atomic E-state index is 12.8. The number of amides is 2. The van der Waals surface area contributed by atoms with Gasteiger partial charge in [-0.2, -0.15) is 5.10 Å². The first-order valence-corrected chi connectivity index (χ1v) is 10.7. The number of nitrogens with zero attached hydrogens (tertiary/aromatic N) is 4. The van der Waals surface area contributed by atoms with Crippen LogP contribution >= 0.6 is 0 Å². The van der Waals surface area contributed by atoms with Crippen LogP contribution in [0.5, 0.6) is 0 Å². The highest BCUT2D eigenvalue weighted by atomic mass is 16.5. The number of ether oxygens (including phenoxy) is 1. The van der Waals surface area contributed by atoms with Crippen molar-refractivity contribution in [3.63, 3.8) is 0 Å². The van der Waals surface area contributed by atoms with E-state index in [9.17, 15) is 9.59 Å². The fourth-order valence-corrected chi connectivity index (χ4v) is 3.84. The summed E-state index contributed by atoms with van der Waals surface area (Å²) >= 11 is 0. The average Bonchev–Trinajstić information content (AvgIpc) is 3.30. The molecule has 0 bridgehead atoms. The number of morpholine rings is 1. The van der Waals surface area contributed by atoms with Crippen LogP contribution in [-0.4, -0.2) is 56.8 Å². The van der Waals surface area contributed by atoms with E-state index in [0.29, 0.717) is 37.3 Å². The van der Waals surface area contributed by atoms with Crippen LogP contribution in [0.4, 0.5) is 0 Å². The minimum Gasteiger partial charge on any atom is -0.372 e. The van der Waals surface area contributed by atoms with E-state index in [1.54, 1.807) is 23.1 Å². The quantitative estimate of drug-likeness (QED) is 0.645. The molecule has 2 amide bonds. The second-order valence-electron chi connectivity index (χ2n) is 8.14. The van der Waals surface area contributed by atoms with Crippen LogP contribution in [0, 0.1) is 0 Å². The molecule has 32 heavy (non-hydrogen) atoms. The molecule has 1 aliphatic heterocycles. The Morgan fingerprint density at radius 3 is 2.22 bits per heavy atom. The predicted molar refractivity (Wildman–Crippen MR) is 119 cm³/mol. The monoisotopic (exact) mass is 433 g/mol. The van der Waals surface area contributed by atoms with E-state index in [-0.39, 0.29) is 24.0 Å². The highest BCUT2D eigenvalue weighted by Gasteiger charge is 2.26. The Hall–Kier alpha value is -3.52. The number of carbonyl (C=O) groups excluding carboxylic acids is 2. The summed E-state index contributed by atoms with van der Waals surface area (Å²) in [4.78, 5) is 31.0. The van der Waals surface area contributed by atoms with Crippen molar-refractivity contribution >= 4 is 11.8 Å². The van der Waals surface area contributed by atoms with Crippen LogP contribution in [0.15, 0.2) is 61.2 Å². The van der Waals surface area contributed by atoms with Crippen molar-refractivity contribution in [3.05, 3.63) is 83.4 Å². The number of benzene rings is 2. The Balaban J connectivity index is 1.30. The van der Waals surface area contributed by atoms with Gasteiger partial charge in [-0.25, -0.2) is 9.67 Å². The molecule has 8 nitrogen and oxygen atoms in total. The normalized spacial score (nSPS) is 18.4. The molecule has 2 heterocycles. The van der Waals surface area contributed by atoms with Gasteiger partial charge in [-0.15, -0.1) is 0 Å². The van der Waals surface area contributed by atoms with E-state index in [0.717, 1.165) is 11.1 Å². The second kappa shape index (κ2) is 9.74. The van der Waals surface area contributed by atoms with Crippen LogP contribution < -0.4 is 5.32 Å². The molecule has 3 aromatic rings. The number of aromatic nitrogens is 3. The summed E-state index contributed by atoms with van der Waals surface area (Å²) in [6.07, 6.45) is 3.22.